The van der Waals surface area contributed by atoms with E-state index in [2.05, 4.69) is 31.8 Å². The molecule has 0 saturated heterocycles. The standard InChI is InChI=1S/C22H25ClN6O2/c23-17-5-2-1-4-16(17)22(6-3-7-22)18-9-19-27-15(8-20(31)29(19)28-18)12-26-21-24-10-14(13-30)11-25-21/h1-2,4-5,8-9,14,28,30H,3,6-7,10-13H2,(H2,24,25,26). The molecule has 9 heteroatoms. The van der Waals surface area contributed by atoms with Crippen LogP contribution in [0.3, 0.4) is 0 Å². The Labute approximate surface area is 184 Å². The van der Waals surface area contributed by atoms with Gasteiger partial charge in [-0.25, -0.2) is 9.50 Å². The summed E-state index contributed by atoms with van der Waals surface area (Å²) in [4.78, 5) is 21.8. The fourth-order valence-electron chi connectivity index (χ4n) is 4.44. The van der Waals surface area contributed by atoms with Gasteiger partial charge in [0, 0.05) is 53.9 Å². The number of aromatic nitrogens is 3. The van der Waals surface area contributed by atoms with Crippen molar-refractivity contribution < 1.29 is 5.11 Å². The molecule has 5 rings (SSSR count). The molecule has 1 aromatic carbocycles. The first-order valence-electron chi connectivity index (χ1n) is 10.6. The maximum atomic E-state index is 12.7. The molecule has 1 atom stereocenters. The fourth-order valence-corrected chi connectivity index (χ4v) is 4.75. The Bertz CT molecular complexity index is 1200. The molecule has 0 spiro atoms. The number of guanidine groups is 1. The second kappa shape index (κ2) is 8.01. The van der Waals surface area contributed by atoms with Crippen LogP contribution >= 0.6 is 11.6 Å². The minimum atomic E-state index is -0.207. The lowest BCUT2D eigenvalue weighted by atomic mass is 9.62. The topological polar surface area (TPSA) is 107 Å². The van der Waals surface area contributed by atoms with Crippen molar-refractivity contribution in [3.63, 3.8) is 0 Å². The van der Waals surface area contributed by atoms with Crippen LogP contribution in [0.2, 0.25) is 5.02 Å². The number of H-pyrrole nitrogens is 1. The van der Waals surface area contributed by atoms with E-state index in [9.17, 15) is 9.90 Å². The fraction of sp³-hybridized carbons (Fsp3) is 0.409. The number of aromatic amines is 1. The number of aliphatic hydroxyl groups is 1. The Morgan fingerprint density at radius 3 is 2.81 bits per heavy atom. The van der Waals surface area contributed by atoms with Crippen molar-refractivity contribution in [1.29, 1.82) is 0 Å². The lowest BCUT2D eigenvalue weighted by molar-refractivity contribution is 0.227. The van der Waals surface area contributed by atoms with Crippen LogP contribution < -0.4 is 16.2 Å². The van der Waals surface area contributed by atoms with Gasteiger partial charge in [0.1, 0.15) is 0 Å². The molecule has 8 nitrogen and oxygen atoms in total. The normalized spacial score (nSPS) is 20.1. The third-order valence-electron chi connectivity index (χ3n) is 6.38. The predicted molar refractivity (Wildman–Crippen MR) is 120 cm³/mol. The summed E-state index contributed by atoms with van der Waals surface area (Å²) in [6, 6.07) is 11.4. The molecule has 162 valence electrons. The average molecular weight is 441 g/mol. The van der Waals surface area contributed by atoms with Crippen molar-refractivity contribution in [3.8, 4) is 0 Å². The Morgan fingerprint density at radius 2 is 2.13 bits per heavy atom. The number of halogens is 1. The molecular formula is C22H25ClN6O2. The van der Waals surface area contributed by atoms with E-state index in [1.807, 2.05) is 24.3 Å². The molecule has 31 heavy (non-hydrogen) atoms. The first-order chi connectivity index (χ1) is 15.1. The second-order valence-electron chi connectivity index (χ2n) is 8.34. The van der Waals surface area contributed by atoms with Gasteiger partial charge in [-0.1, -0.05) is 36.2 Å². The van der Waals surface area contributed by atoms with Crippen LogP contribution in [0.1, 0.15) is 36.2 Å². The first-order valence-corrected chi connectivity index (χ1v) is 11.0. The molecule has 2 aromatic heterocycles. The van der Waals surface area contributed by atoms with Gasteiger partial charge in [0.25, 0.3) is 5.56 Å². The Hall–Kier alpha value is -2.84. The number of hydrogen-bond donors (Lipinski definition) is 4. The summed E-state index contributed by atoms with van der Waals surface area (Å²) >= 11 is 6.52. The van der Waals surface area contributed by atoms with E-state index in [0.29, 0.717) is 36.9 Å². The van der Waals surface area contributed by atoms with Gasteiger partial charge in [-0.15, -0.1) is 0 Å². The minimum Gasteiger partial charge on any atom is -0.396 e. The molecule has 1 saturated carbocycles. The average Bonchev–Trinajstić information content (AvgIpc) is 3.18. The molecule has 4 N–H and O–H groups in total. The van der Waals surface area contributed by atoms with Crippen LogP contribution in [-0.4, -0.2) is 45.4 Å². The molecule has 1 aliphatic carbocycles. The number of aliphatic imine (C=N–C) groups is 1. The van der Waals surface area contributed by atoms with E-state index < -0.39 is 0 Å². The number of fused-ring (bicyclic) bond motifs is 1. The van der Waals surface area contributed by atoms with Crippen LogP contribution in [0, 0.1) is 5.92 Å². The number of aliphatic hydroxyl groups excluding tert-OH is 1. The first kappa shape index (κ1) is 20.1. The van der Waals surface area contributed by atoms with E-state index in [1.54, 1.807) is 0 Å². The molecule has 3 aromatic rings. The largest absolute Gasteiger partial charge is 0.396 e. The van der Waals surface area contributed by atoms with Gasteiger partial charge < -0.3 is 15.7 Å². The Morgan fingerprint density at radius 1 is 1.29 bits per heavy atom. The number of hydrogen-bond acceptors (Lipinski definition) is 6. The third-order valence-corrected chi connectivity index (χ3v) is 6.71. The maximum Gasteiger partial charge on any atom is 0.272 e. The van der Waals surface area contributed by atoms with Crippen LogP contribution in [0.5, 0.6) is 0 Å². The molecular weight excluding hydrogens is 416 g/mol. The molecule has 1 unspecified atom stereocenters. The van der Waals surface area contributed by atoms with Crippen molar-refractivity contribution >= 4 is 23.2 Å². The van der Waals surface area contributed by atoms with Gasteiger partial charge >= 0.3 is 0 Å². The van der Waals surface area contributed by atoms with Crippen LogP contribution in [0.15, 0.2) is 46.2 Å². The summed E-state index contributed by atoms with van der Waals surface area (Å²) in [5, 5.41) is 19.6. The number of rotatable bonds is 5. The quantitative estimate of drug-likeness (QED) is 0.484. The van der Waals surface area contributed by atoms with Crippen molar-refractivity contribution in [2.45, 2.75) is 31.2 Å². The van der Waals surface area contributed by atoms with Crippen molar-refractivity contribution in [2.24, 2.45) is 10.9 Å². The predicted octanol–water partition coefficient (Wildman–Crippen LogP) is 1.80. The van der Waals surface area contributed by atoms with Gasteiger partial charge in [0.15, 0.2) is 11.6 Å². The smallest absolute Gasteiger partial charge is 0.272 e. The monoisotopic (exact) mass is 440 g/mol. The Balaban J connectivity index is 1.42. The molecule has 0 radical (unpaired) electrons. The van der Waals surface area contributed by atoms with Crippen LogP contribution in [-0.2, 0) is 12.0 Å². The summed E-state index contributed by atoms with van der Waals surface area (Å²) in [6.07, 6.45) is 3.07. The van der Waals surface area contributed by atoms with Gasteiger partial charge in [-0.3, -0.25) is 14.9 Å². The summed E-state index contributed by atoms with van der Waals surface area (Å²) in [6.45, 7) is 1.75. The SMILES string of the molecule is O=c1cc(CNC2=NCC(CO)CN2)nc2cc(C3(c4ccccc4Cl)CCC3)[nH]n12. The minimum absolute atomic E-state index is 0.115. The zero-order valence-corrected chi connectivity index (χ0v) is 17.8. The summed E-state index contributed by atoms with van der Waals surface area (Å²) in [7, 11) is 0. The Kier molecular flexibility index (Phi) is 5.19. The van der Waals surface area contributed by atoms with Crippen LogP contribution in [0.25, 0.3) is 5.65 Å². The lowest BCUT2D eigenvalue weighted by Crippen LogP contribution is -2.44. The molecule has 3 heterocycles. The molecule has 1 fully saturated rings. The van der Waals surface area contributed by atoms with Gasteiger partial charge in [-0.2, -0.15) is 0 Å². The summed E-state index contributed by atoms with van der Waals surface area (Å²) in [5.41, 5.74) is 2.93. The third kappa shape index (κ3) is 3.59. The lowest BCUT2D eigenvalue weighted by Gasteiger charge is -2.42. The number of nitrogens with zero attached hydrogens (tertiary/aromatic N) is 3. The highest BCUT2D eigenvalue weighted by Crippen LogP contribution is 2.50. The van der Waals surface area contributed by atoms with Crippen molar-refractivity contribution in [1.82, 2.24) is 25.2 Å². The van der Waals surface area contributed by atoms with Gasteiger partial charge in [0.05, 0.1) is 12.2 Å². The number of benzene rings is 1. The van der Waals surface area contributed by atoms with E-state index in [-0.39, 0.29) is 23.5 Å². The van der Waals surface area contributed by atoms with E-state index >= 15 is 0 Å². The zero-order chi connectivity index (χ0) is 21.4. The van der Waals surface area contributed by atoms with Crippen molar-refractivity contribution in [2.75, 3.05) is 19.7 Å². The second-order valence-corrected chi connectivity index (χ2v) is 8.74. The maximum absolute atomic E-state index is 12.7. The van der Waals surface area contributed by atoms with Crippen LogP contribution in [0.4, 0.5) is 0 Å². The van der Waals surface area contributed by atoms with E-state index in [0.717, 1.165) is 35.5 Å². The molecule has 0 bridgehead atoms. The van der Waals surface area contributed by atoms with Crippen molar-refractivity contribution in [3.05, 3.63) is 68.7 Å². The zero-order valence-electron chi connectivity index (χ0n) is 17.1. The molecule has 2 aliphatic rings. The van der Waals surface area contributed by atoms with Gasteiger partial charge in [0.2, 0.25) is 0 Å². The summed E-state index contributed by atoms with van der Waals surface area (Å²) < 4.78 is 1.50. The highest BCUT2D eigenvalue weighted by atomic mass is 35.5. The molecule has 0 amide bonds. The van der Waals surface area contributed by atoms with E-state index in [4.69, 9.17) is 11.6 Å². The highest BCUT2D eigenvalue weighted by molar-refractivity contribution is 6.31. The molecule has 1 aliphatic heterocycles. The van der Waals surface area contributed by atoms with Gasteiger partial charge in [-0.05, 0) is 24.5 Å². The number of nitrogens with one attached hydrogen (secondary N) is 3. The summed E-state index contributed by atoms with van der Waals surface area (Å²) in [5.74, 6) is 0.800. The van der Waals surface area contributed by atoms with E-state index in [1.165, 1.54) is 10.6 Å². The highest BCUT2D eigenvalue weighted by Gasteiger charge is 2.43.